The van der Waals surface area contributed by atoms with Gasteiger partial charge in [0.15, 0.2) is 0 Å². The number of rotatable bonds is 5. The SMILES string of the molecule is Cc1cc(/C(C[C@@H](c2ccccc2)c2ccc(Cl)cc2C)=N\O)ccn1. The molecule has 0 fully saturated rings. The third-order valence-electron chi connectivity index (χ3n) is 4.56. The quantitative estimate of drug-likeness (QED) is 0.356. The standard InChI is InChI=1S/C22H21ClN2O/c1-15-12-19(23)8-9-20(15)21(17-6-4-3-5-7-17)14-22(25-26)18-10-11-24-16(2)13-18/h3-13,21,26H,14H2,1-2H3/b25-22-/t21-/m0/s1. The summed E-state index contributed by atoms with van der Waals surface area (Å²) in [6.45, 7) is 3.99. The molecule has 0 bridgehead atoms. The molecule has 1 heterocycles. The van der Waals surface area contributed by atoms with E-state index in [2.05, 4.69) is 35.3 Å². The summed E-state index contributed by atoms with van der Waals surface area (Å²) in [6.07, 6.45) is 2.31. The van der Waals surface area contributed by atoms with Crippen molar-refractivity contribution in [1.82, 2.24) is 4.98 Å². The summed E-state index contributed by atoms with van der Waals surface area (Å²) in [7, 11) is 0. The van der Waals surface area contributed by atoms with E-state index in [1.807, 2.05) is 49.4 Å². The molecule has 0 saturated heterocycles. The molecule has 1 N–H and O–H groups in total. The monoisotopic (exact) mass is 364 g/mol. The van der Waals surface area contributed by atoms with Crippen LogP contribution in [0, 0.1) is 13.8 Å². The molecule has 0 aliphatic heterocycles. The van der Waals surface area contributed by atoms with Gasteiger partial charge in [-0.2, -0.15) is 0 Å². The van der Waals surface area contributed by atoms with Crippen molar-refractivity contribution in [1.29, 1.82) is 0 Å². The van der Waals surface area contributed by atoms with Crippen LogP contribution in [0.2, 0.25) is 5.02 Å². The molecular formula is C22H21ClN2O. The van der Waals surface area contributed by atoms with Crippen molar-refractivity contribution in [2.75, 3.05) is 0 Å². The molecule has 4 heteroatoms. The maximum atomic E-state index is 9.67. The number of aromatic nitrogens is 1. The lowest BCUT2D eigenvalue weighted by molar-refractivity contribution is 0.317. The second kappa shape index (κ2) is 8.15. The fourth-order valence-electron chi connectivity index (χ4n) is 3.26. The lowest BCUT2D eigenvalue weighted by Crippen LogP contribution is -2.12. The van der Waals surface area contributed by atoms with Gasteiger partial charge in [0.1, 0.15) is 0 Å². The van der Waals surface area contributed by atoms with Crippen LogP contribution in [-0.2, 0) is 0 Å². The van der Waals surface area contributed by atoms with E-state index in [4.69, 9.17) is 11.6 Å². The summed E-state index contributed by atoms with van der Waals surface area (Å²) in [5.41, 5.74) is 5.88. The fraction of sp³-hybridized carbons (Fsp3) is 0.182. The van der Waals surface area contributed by atoms with Crippen LogP contribution in [0.15, 0.2) is 72.0 Å². The van der Waals surface area contributed by atoms with E-state index in [0.717, 1.165) is 21.8 Å². The molecule has 132 valence electrons. The van der Waals surface area contributed by atoms with Gasteiger partial charge >= 0.3 is 0 Å². The topological polar surface area (TPSA) is 45.5 Å². The molecule has 3 rings (SSSR count). The predicted octanol–water partition coefficient (Wildman–Crippen LogP) is 5.75. The Balaban J connectivity index is 2.03. The summed E-state index contributed by atoms with van der Waals surface area (Å²) in [5.74, 6) is 0.0628. The number of aryl methyl sites for hydroxylation is 2. The largest absolute Gasteiger partial charge is 0.411 e. The molecule has 0 amide bonds. The zero-order chi connectivity index (χ0) is 18.5. The Morgan fingerprint density at radius 1 is 1.08 bits per heavy atom. The van der Waals surface area contributed by atoms with Crippen LogP contribution >= 0.6 is 11.6 Å². The second-order valence-electron chi connectivity index (χ2n) is 6.40. The molecule has 0 aliphatic rings. The number of benzene rings is 2. The van der Waals surface area contributed by atoms with Crippen LogP contribution in [0.1, 0.15) is 40.3 Å². The molecule has 0 spiro atoms. The van der Waals surface area contributed by atoms with Crippen LogP contribution in [0.3, 0.4) is 0 Å². The van der Waals surface area contributed by atoms with Crippen LogP contribution in [-0.4, -0.2) is 15.9 Å². The first-order valence-electron chi connectivity index (χ1n) is 8.53. The number of halogens is 1. The van der Waals surface area contributed by atoms with E-state index in [-0.39, 0.29) is 5.92 Å². The van der Waals surface area contributed by atoms with Gasteiger partial charge in [-0.05, 0) is 54.8 Å². The van der Waals surface area contributed by atoms with E-state index in [9.17, 15) is 5.21 Å². The normalized spacial score (nSPS) is 12.8. The first kappa shape index (κ1) is 18.2. The molecule has 26 heavy (non-hydrogen) atoms. The van der Waals surface area contributed by atoms with Gasteiger partial charge in [0.25, 0.3) is 0 Å². The van der Waals surface area contributed by atoms with Crippen LogP contribution in [0.5, 0.6) is 0 Å². The van der Waals surface area contributed by atoms with Crippen molar-refractivity contribution in [2.24, 2.45) is 5.16 Å². The second-order valence-corrected chi connectivity index (χ2v) is 6.84. The first-order chi connectivity index (χ1) is 12.6. The average Bonchev–Trinajstić information content (AvgIpc) is 2.64. The van der Waals surface area contributed by atoms with Gasteiger partial charge in [-0.3, -0.25) is 4.98 Å². The highest BCUT2D eigenvalue weighted by molar-refractivity contribution is 6.30. The van der Waals surface area contributed by atoms with E-state index in [0.29, 0.717) is 12.1 Å². The first-order valence-corrected chi connectivity index (χ1v) is 8.91. The highest BCUT2D eigenvalue weighted by atomic mass is 35.5. The Bertz CT molecular complexity index is 922. The third-order valence-corrected chi connectivity index (χ3v) is 4.79. The Hall–Kier alpha value is -2.65. The molecular weight excluding hydrogens is 344 g/mol. The molecule has 2 aromatic carbocycles. The van der Waals surface area contributed by atoms with Crippen molar-refractivity contribution < 1.29 is 5.21 Å². The summed E-state index contributed by atoms with van der Waals surface area (Å²) in [6, 6.07) is 20.0. The minimum atomic E-state index is 0.0628. The van der Waals surface area contributed by atoms with Crippen molar-refractivity contribution in [2.45, 2.75) is 26.2 Å². The fourth-order valence-corrected chi connectivity index (χ4v) is 3.48. The maximum Gasteiger partial charge on any atom is 0.0878 e. The van der Waals surface area contributed by atoms with E-state index >= 15 is 0 Å². The molecule has 1 atom stereocenters. The van der Waals surface area contributed by atoms with Crippen molar-refractivity contribution in [3.8, 4) is 0 Å². The van der Waals surface area contributed by atoms with Crippen molar-refractivity contribution in [3.63, 3.8) is 0 Å². The van der Waals surface area contributed by atoms with Gasteiger partial charge in [-0.15, -0.1) is 0 Å². The zero-order valence-electron chi connectivity index (χ0n) is 14.9. The Morgan fingerprint density at radius 3 is 2.50 bits per heavy atom. The van der Waals surface area contributed by atoms with Gasteiger partial charge in [-0.1, -0.05) is 53.2 Å². The molecule has 0 saturated carbocycles. The number of hydrogen-bond acceptors (Lipinski definition) is 3. The lowest BCUT2D eigenvalue weighted by atomic mass is 9.83. The van der Waals surface area contributed by atoms with Gasteiger partial charge in [0.2, 0.25) is 0 Å². The number of hydrogen-bond donors (Lipinski definition) is 1. The van der Waals surface area contributed by atoms with Crippen LogP contribution in [0.25, 0.3) is 0 Å². The van der Waals surface area contributed by atoms with Crippen LogP contribution < -0.4 is 0 Å². The summed E-state index contributed by atoms with van der Waals surface area (Å²) < 4.78 is 0. The minimum absolute atomic E-state index is 0.0628. The van der Waals surface area contributed by atoms with Gasteiger partial charge < -0.3 is 5.21 Å². The number of nitrogens with zero attached hydrogens (tertiary/aromatic N) is 2. The molecule has 1 aromatic heterocycles. The average molecular weight is 365 g/mol. The Morgan fingerprint density at radius 2 is 1.85 bits per heavy atom. The van der Waals surface area contributed by atoms with Gasteiger partial charge in [0.05, 0.1) is 5.71 Å². The highest BCUT2D eigenvalue weighted by Gasteiger charge is 2.20. The summed E-state index contributed by atoms with van der Waals surface area (Å²) in [4.78, 5) is 4.22. The van der Waals surface area contributed by atoms with E-state index in [1.165, 1.54) is 11.1 Å². The smallest absolute Gasteiger partial charge is 0.0878 e. The summed E-state index contributed by atoms with van der Waals surface area (Å²) >= 11 is 6.14. The molecule has 0 aliphatic carbocycles. The van der Waals surface area contributed by atoms with Crippen LogP contribution in [0.4, 0.5) is 0 Å². The van der Waals surface area contributed by atoms with Crippen molar-refractivity contribution >= 4 is 17.3 Å². The highest BCUT2D eigenvalue weighted by Crippen LogP contribution is 2.33. The Kier molecular flexibility index (Phi) is 5.69. The Labute approximate surface area is 159 Å². The molecule has 0 unspecified atom stereocenters. The predicted molar refractivity (Wildman–Crippen MR) is 106 cm³/mol. The molecule has 3 aromatic rings. The van der Waals surface area contributed by atoms with Crippen molar-refractivity contribution in [3.05, 3.63) is 99.8 Å². The molecule has 3 nitrogen and oxygen atoms in total. The lowest BCUT2D eigenvalue weighted by Gasteiger charge is -2.21. The molecule has 0 radical (unpaired) electrons. The van der Waals surface area contributed by atoms with E-state index < -0.39 is 0 Å². The third kappa shape index (κ3) is 4.12. The minimum Gasteiger partial charge on any atom is -0.411 e. The van der Waals surface area contributed by atoms with Gasteiger partial charge in [0, 0.05) is 34.8 Å². The number of oxime groups is 1. The van der Waals surface area contributed by atoms with E-state index in [1.54, 1.807) is 6.20 Å². The number of pyridine rings is 1. The van der Waals surface area contributed by atoms with Gasteiger partial charge in [-0.25, -0.2) is 0 Å². The maximum absolute atomic E-state index is 9.67. The zero-order valence-corrected chi connectivity index (χ0v) is 15.6. The summed E-state index contributed by atoms with van der Waals surface area (Å²) in [5, 5.41) is 14.0.